The van der Waals surface area contributed by atoms with Crippen LogP contribution in [0.1, 0.15) is 37.9 Å². The fraction of sp³-hybridized carbons (Fsp3) is 0.500. The van der Waals surface area contributed by atoms with E-state index in [-0.39, 0.29) is 5.92 Å². The van der Waals surface area contributed by atoms with Crippen molar-refractivity contribution in [3.8, 4) is 0 Å². The minimum atomic E-state index is 0.289. The van der Waals surface area contributed by atoms with Crippen LogP contribution in [-0.2, 0) is 11.3 Å². The van der Waals surface area contributed by atoms with E-state index in [4.69, 9.17) is 4.74 Å². The number of hydrogen-bond donors (Lipinski definition) is 0. The van der Waals surface area contributed by atoms with Crippen molar-refractivity contribution in [1.82, 2.24) is 15.0 Å². The smallest absolute Gasteiger partial charge is 0.0904 e. The third-order valence-electron chi connectivity index (χ3n) is 3.37. The molecule has 4 nitrogen and oxygen atoms in total. The molecule has 1 aromatic heterocycles. The molecule has 0 bridgehead atoms. The van der Waals surface area contributed by atoms with E-state index in [0.717, 1.165) is 18.8 Å². The van der Waals surface area contributed by atoms with Crippen LogP contribution in [0.2, 0.25) is 0 Å². The molecule has 4 heteroatoms. The second-order valence-corrected chi connectivity index (χ2v) is 5.24. The van der Waals surface area contributed by atoms with E-state index < -0.39 is 0 Å². The summed E-state index contributed by atoms with van der Waals surface area (Å²) in [4.78, 5) is 0. The molecule has 0 spiro atoms. The molecule has 1 atom stereocenters. The fourth-order valence-electron chi connectivity index (χ4n) is 2.43. The highest BCUT2D eigenvalue weighted by atomic mass is 16.5. The van der Waals surface area contributed by atoms with E-state index in [2.05, 4.69) is 48.4 Å². The van der Waals surface area contributed by atoms with Gasteiger partial charge in [0.05, 0.1) is 18.8 Å². The summed E-state index contributed by atoms with van der Waals surface area (Å²) in [6.07, 6.45) is 2.04. The molecule has 0 saturated carbocycles. The van der Waals surface area contributed by atoms with Crippen molar-refractivity contribution in [2.75, 3.05) is 13.2 Å². The molecule has 0 aliphatic heterocycles. The van der Waals surface area contributed by atoms with Crippen molar-refractivity contribution in [2.45, 2.75) is 33.2 Å². The lowest BCUT2D eigenvalue weighted by Crippen LogP contribution is -2.09. The van der Waals surface area contributed by atoms with Crippen molar-refractivity contribution in [3.05, 3.63) is 47.8 Å². The van der Waals surface area contributed by atoms with Gasteiger partial charge >= 0.3 is 0 Å². The molecule has 0 aliphatic carbocycles. The van der Waals surface area contributed by atoms with Crippen molar-refractivity contribution in [3.63, 3.8) is 0 Å². The first-order valence-corrected chi connectivity index (χ1v) is 7.25. The molecule has 0 saturated heterocycles. The average Bonchev–Trinajstić information content (AvgIpc) is 2.88. The van der Waals surface area contributed by atoms with Crippen LogP contribution >= 0.6 is 0 Å². The first-order valence-electron chi connectivity index (χ1n) is 7.25. The maximum absolute atomic E-state index is 5.35. The number of ether oxygens (including phenoxy) is 1. The third-order valence-corrected chi connectivity index (χ3v) is 3.37. The number of benzene rings is 1. The molecule has 0 radical (unpaired) electrons. The Hall–Kier alpha value is -1.68. The highest BCUT2D eigenvalue weighted by molar-refractivity contribution is 5.27. The average molecular weight is 273 g/mol. The summed E-state index contributed by atoms with van der Waals surface area (Å²) < 4.78 is 7.22. The minimum Gasteiger partial charge on any atom is -0.380 e. The summed E-state index contributed by atoms with van der Waals surface area (Å²) in [7, 11) is 0. The molecule has 2 rings (SSSR count). The lowest BCUT2D eigenvalue weighted by molar-refractivity contribution is 0.136. The number of nitrogens with zero attached hydrogens (tertiary/aromatic N) is 3. The topological polar surface area (TPSA) is 39.9 Å². The van der Waals surface area contributed by atoms with Gasteiger partial charge in [0, 0.05) is 18.7 Å². The van der Waals surface area contributed by atoms with Crippen molar-refractivity contribution in [1.29, 1.82) is 0 Å². The maximum Gasteiger partial charge on any atom is 0.0904 e. The van der Waals surface area contributed by atoms with E-state index in [9.17, 15) is 0 Å². The molecule has 20 heavy (non-hydrogen) atoms. The molecule has 2 aromatic rings. The van der Waals surface area contributed by atoms with Crippen LogP contribution in [0.5, 0.6) is 0 Å². The number of aromatic nitrogens is 3. The second-order valence-electron chi connectivity index (χ2n) is 5.24. The normalized spacial score (nSPS) is 12.8. The van der Waals surface area contributed by atoms with Gasteiger partial charge < -0.3 is 4.74 Å². The molecule has 1 heterocycles. The fourth-order valence-corrected chi connectivity index (χ4v) is 2.43. The monoisotopic (exact) mass is 273 g/mol. The van der Waals surface area contributed by atoms with Gasteiger partial charge in [-0.05, 0) is 18.4 Å². The van der Waals surface area contributed by atoms with Crippen molar-refractivity contribution < 1.29 is 4.74 Å². The van der Waals surface area contributed by atoms with Crippen LogP contribution in [-0.4, -0.2) is 28.2 Å². The first-order chi connectivity index (χ1) is 9.72. The largest absolute Gasteiger partial charge is 0.380 e. The summed E-state index contributed by atoms with van der Waals surface area (Å²) >= 11 is 0. The van der Waals surface area contributed by atoms with Gasteiger partial charge in [-0.3, -0.25) is 0 Å². The van der Waals surface area contributed by atoms with E-state index in [0.29, 0.717) is 12.5 Å². The Morgan fingerprint density at radius 3 is 2.60 bits per heavy atom. The van der Waals surface area contributed by atoms with Gasteiger partial charge in [-0.2, -0.15) is 0 Å². The zero-order valence-electron chi connectivity index (χ0n) is 12.5. The highest BCUT2D eigenvalue weighted by Crippen LogP contribution is 2.29. The lowest BCUT2D eigenvalue weighted by atomic mass is 9.86. The zero-order chi connectivity index (χ0) is 14.4. The molecular formula is C16H23N3O. The Labute approximate surface area is 120 Å². The lowest BCUT2D eigenvalue weighted by Gasteiger charge is -2.18. The molecule has 1 aromatic carbocycles. The predicted octanol–water partition coefficient (Wildman–Crippen LogP) is 3.10. The van der Waals surface area contributed by atoms with Gasteiger partial charge in [0.2, 0.25) is 0 Å². The van der Waals surface area contributed by atoms with Gasteiger partial charge in [0.15, 0.2) is 0 Å². The van der Waals surface area contributed by atoms with Gasteiger partial charge in [-0.15, -0.1) is 5.10 Å². The second kappa shape index (κ2) is 7.20. The molecule has 0 amide bonds. The van der Waals surface area contributed by atoms with E-state index in [1.54, 1.807) is 0 Å². The Kier molecular flexibility index (Phi) is 5.30. The molecule has 108 valence electrons. The van der Waals surface area contributed by atoms with Crippen LogP contribution in [0.15, 0.2) is 36.5 Å². The van der Waals surface area contributed by atoms with Crippen molar-refractivity contribution >= 4 is 0 Å². The van der Waals surface area contributed by atoms with Gasteiger partial charge in [0.1, 0.15) is 0 Å². The molecular weight excluding hydrogens is 250 g/mol. The Balaban J connectivity index is 2.14. The Morgan fingerprint density at radius 1 is 1.20 bits per heavy atom. The van der Waals surface area contributed by atoms with E-state index in [1.165, 1.54) is 5.56 Å². The molecule has 0 fully saturated rings. The summed E-state index contributed by atoms with van der Waals surface area (Å²) in [6.45, 7) is 8.60. The van der Waals surface area contributed by atoms with Crippen LogP contribution in [0.4, 0.5) is 0 Å². The van der Waals surface area contributed by atoms with Gasteiger partial charge in [-0.25, -0.2) is 4.68 Å². The summed E-state index contributed by atoms with van der Waals surface area (Å²) in [5.74, 6) is 0.770. The number of rotatable bonds is 7. The Bertz CT molecular complexity index is 507. The minimum absolute atomic E-state index is 0.289. The molecule has 1 unspecified atom stereocenters. The van der Waals surface area contributed by atoms with E-state index >= 15 is 0 Å². The summed E-state index contributed by atoms with van der Waals surface area (Å²) in [5.41, 5.74) is 2.32. The molecule has 0 N–H and O–H groups in total. The predicted molar refractivity (Wildman–Crippen MR) is 79.6 cm³/mol. The number of hydrogen-bond acceptors (Lipinski definition) is 3. The zero-order valence-corrected chi connectivity index (χ0v) is 12.5. The maximum atomic E-state index is 5.35. The van der Waals surface area contributed by atoms with Crippen LogP contribution in [0, 0.1) is 5.92 Å². The standard InChI is InChI=1S/C16H23N3O/c1-4-20-11-10-19-12-15(17-18-19)16(13(2)3)14-8-6-5-7-9-14/h5-9,12-13,16H,4,10-11H2,1-3H3. The quantitative estimate of drug-likeness (QED) is 0.728. The van der Waals surface area contributed by atoms with Crippen LogP contribution < -0.4 is 0 Å². The van der Waals surface area contributed by atoms with Crippen LogP contribution in [0.25, 0.3) is 0 Å². The summed E-state index contributed by atoms with van der Waals surface area (Å²) in [6, 6.07) is 10.5. The first kappa shape index (κ1) is 14.7. The van der Waals surface area contributed by atoms with Gasteiger partial charge in [0.25, 0.3) is 0 Å². The SMILES string of the molecule is CCOCCn1cc(C(c2ccccc2)C(C)C)nn1. The van der Waals surface area contributed by atoms with Crippen LogP contribution in [0.3, 0.4) is 0 Å². The van der Waals surface area contributed by atoms with Crippen molar-refractivity contribution in [2.24, 2.45) is 5.92 Å². The van der Waals surface area contributed by atoms with E-state index in [1.807, 2.05) is 23.9 Å². The van der Waals surface area contributed by atoms with Gasteiger partial charge in [-0.1, -0.05) is 49.4 Å². The molecule has 0 aliphatic rings. The third kappa shape index (κ3) is 3.67. The highest BCUT2D eigenvalue weighted by Gasteiger charge is 2.21. The summed E-state index contributed by atoms with van der Waals surface area (Å²) in [5, 5.41) is 8.55. The Morgan fingerprint density at radius 2 is 1.95 bits per heavy atom.